The first-order valence-electron chi connectivity index (χ1n) is 6.65. The third-order valence-electron chi connectivity index (χ3n) is 3.22. The van der Waals surface area contributed by atoms with Gasteiger partial charge in [0.15, 0.2) is 11.6 Å². The molecule has 0 spiro atoms. The van der Waals surface area contributed by atoms with Crippen molar-refractivity contribution in [2.45, 2.75) is 17.1 Å². The number of rotatable bonds is 3. The fourth-order valence-corrected chi connectivity index (χ4v) is 3.06. The first-order valence-corrected chi connectivity index (χ1v) is 7.53. The molecule has 0 saturated heterocycles. The predicted molar refractivity (Wildman–Crippen MR) is 83.0 cm³/mol. The zero-order chi connectivity index (χ0) is 15.7. The Morgan fingerprint density at radius 3 is 2.68 bits per heavy atom. The summed E-state index contributed by atoms with van der Waals surface area (Å²) in [4.78, 5) is 19.8. The number of fused-ring (bicyclic) bond motifs is 1. The van der Waals surface area contributed by atoms with E-state index in [9.17, 15) is 13.6 Å². The van der Waals surface area contributed by atoms with Crippen LogP contribution in [0.15, 0.2) is 52.2 Å². The molecule has 1 heterocycles. The smallest absolute Gasteiger partial charge is 0.258 e. The number of aromatic nitrogens is 2. The van der Waals surface area contributed by atoms with E-state index in [1.165, 1.54) is 17.8 Å². The van der Waals surface area contributed by atoms with Gasteiger partial charge in [0.1, 0.15) is 5.82 Å². The van der Waals surface area contributed by atoms with Gasteiger partial charge >= 0.3 is 0 Å². The number of nitrogens with one attached hydrogen (secondary N) is 1. The second-order valence-corrected chi connectivity index (χ2v) is 6.22. The Bertz CT molecular complexity index is 895. The van der Waals surface area contributed by atoms with Crippen LogP contribution in [-0.4, -0.2) is 9.97 Å². The molecule has 6 heteroatoms. The molecule has 0 aliphatic carbocycles. The Hall–Kier alpha value is -2.21. The highest BCUT2D eigenvalue weighted by molar-refractivity contribution is 7.99. The Kier molecular flexibility index (Phi) is 3.94. The van der Waals surface area contributed by atoms with Gasteiger partial charge in [-0.25, -0.2) is 13.8 Å². The van der Waals surface area contributed by atoms with E-state index in [0.29, 0.717) is 21.6 Å². The van der Waals surface area contributed by atoms with Crippen LogP contribution in [-0.2, 0) is 0 Å². The summed E-state index contributed by atoms with van der Waals surface area (Å²) in [6.45, 7) is 1.85. The highest BCUT2D eigenvalue weighted by Gasteiger charge is 2.13. The normalized spacial score (nSPS) is 12.5. The van der Waals surface area contributed by atoms with Crippen molar-refractivity contribution in [1.82, 2.24) is 9.97 Å². The minimum atomic E-state index is -0.892. The van der Waals surface area contributed by atoms with Gasteiger partial charge in [0.05, 0.1) is 16.2 Å². The summed E-state index contributed by atoms with van der Waals surface area (Å²) < 4.78 is 26.2. The first-order chi connectivity index (χ1) is 10.5. The number of nitrogens with zero attached hydrogens (tertiary/aromatic N) is 1. The average molecular weight is 318 g/mol. The van der Waals surface area contributed by atoms with Gasteiger partial charge in [0.25, 0.3) is 5.56 Å². The second-order valence-electron chi connectivity index (χ2n) is 4.80. The molecule has 0 aliphatic heterocycles. The van der Waals surface area contributed by atoms with Crippen molar-refractivity contribution < 1.29 is 8.78 Å². The van der Waals surface area contributed by atoms with Crippen molar-refractivity contribution in [1.29, 1.82) is 0 Å². The molecule has 22 heavy (non-hydrogen) atoms. The summed E-state index contributed by atoms with van der Waals surface area (Å²) in [7, 11) is 0. The molecule has 3 rings (SSSR count). The molecule has 0 saturated carbocycles. The lowest BCUT2D eigenvalue weighted by molar-refractivity contribution is 0.506. The molecule has 1 N–H and O–H groups in total. The molecule has 112 valence electrons. The van der Waals surface area contributed by atoms with Crippen molar-refractivity contribution in [2.75, 3.05) is 0 Å². The summed E-state index contributed by atoms with van der Waals surface area (Å²) in [5.41, 5.74) is 0.400. The van der Waals surface area contributed by atoms with E-state index < -0.39 is 11.6 Å². The van der Waals surface area contributed by atoms with E-state index in [4.69, 9.17) is 0 Å². The van der Waals surface area contributed by atoms with Crippen LogP contribution in [0.25, 0.3) is 10.9 Å². The maximum atomic E-state index is 13.2. The number of thioether (sulfide) groups is 1. The van der Waals surface area contributed by atoms with Crippen molar-refractivity contribution in [3.05, 3.63) is 70.3 Å². The topological polar surface area (TPSA) is 45.8 Å². The molecule has 3 aromatic rings. The molecule has 3 nitrogen and oxygen atoms in total. The number of halogens is 2. The van der Waals surface area contributed by atoms with Crippen LogP contribution in [0.1, 0.15) is 18.0 Å². The SMILES string of the molecule is C[C@@H](Sc1ccc(F)c(F)c1)c1nc2ccccc2c(=O)[nH]1. The minimum absolute atomic E-state index is 0.206. The molecular formula is C16H12F2N2OS. The van der Waals surface area contributed by atoms with Crippen molar-refractivity contribution in [2.24, 2.45) is 0 Å². The standard InChI is InChI=1S/C16H12F2N2OS/c1-9(22-10-6-7-12(17)13(18)8-10)15-19-14-5-3-2-4-11(14)16(21)20-15/h2-9H,1H3,(H,19,20,21)/t9-/m1/s1. The van der Waals surface area contributed by atoms with Gasteiger partial charge in [-0.1, -0.05) is 12.1 Å². The van der Waals surface area contributed by atoms with Crippen LogP contribution in [0, 0.1) is 11.6 Å². The van der Waals surface area contributed by atoms with Crippen LogP contribution in [0.4, 0.5) is 8.78 Å². The number of hydrogen-bond acceptors (Lipinski definition) is 3. The third kappa shape index (κ3) is 2.87. The first kappa shape index (κ1) is 14.7. The molecule has 0 amide bonds. The molecule has 2 aromatic carbocycles. The van der Waals surface area contributed by atoms with Gasteiger partial charge in [-0.15, -0.1) is 11.8 Å². The summed E-state index contributed by atoms with van der Waals surface area (Å²) in [6.07, 6.45) is 0. The minimum Gasteiger partial charge on any atom is -0.309 e. The van der Waals surface area contributed by atoms with Crippen LogP contribution < -0.4 is 5.56 Å². The second kappa shape index (κ2) is 5.88. The summed E-state index contributed by atoms with van der Waals surface area (Å²) in [5.74, 6) is -1.27. The van der Waals surface area contributed by atoms with E-state index >= 15 is 0 Å². The molecule has 0 unspecified atom stereocenters. The monoisotopic (exact) mass is 318 g/mol. The fourth-order valence-electron chi connectivity index (χ4n) is 2.11. The lowest BCUT2D eigenvalue weighted by Crippen LogP contribution is -2.12. The Morgan fingerprint density at radius 2 is 1.91 bits per heavy atom. The van der Waals surface area contributed by atoms with Gasteiger partial charge in [-0.3, -0.25) is 4.79 Å². The Labute approximate surface area is 129 Å². The predicted octanol–water partition coefficient (Wildman–Crippen LogP) is 4.05. The van der Waals surface area contributed by atoms with Crippen molar-refractivity contribution in [3.8, 4) is 0 Å². The van der Waals surface area contributed by atoms with E-state index in [1.807, 2.05) is 13.0 Å². The maximum Gasteiger partial charge on any atom is 0.258 e. The molecule has 0 aliphatic rings. The van der Waals surface area contributed by atoms with Gasteiger partial charge in [-0.05, 0) is 37.3 Å². The lowest BCUT2D eigenvalue weighted by Gasteiger charge is -2.11. The van der Waals surface area contributed by atoms with Crippen molar-refractivity contribution >= 4 is 22.7 Å². The van der Waals surface area contributed by atoms with E-state index in [-0.39, 0.29) is 10.8 Å². The van der Waals surface area contributed by atoms with Crippen LogP contribution >= 0.6 is 11.8 Å². The van der Waals surface area contributed by atoms with E-state index in [0.717, 1.165) is 12.1 Å². The molecule has 0 bridgehead atoms. The zero-order valence-electron chi connectivity index (χ0n) is 11.6. The molecule has 0 fully saturated rings. The number of hydrogen-bond donors (Lipinski definition) is 1. The molecule has 1 atom stereocenters. The average Bonchev–Trinajstić information content (AvgIpc) is 2.51. The van der Waals surface area contributed by atoms with Crippen molar-refractivity contribution in [3.63, 3.8) is 0 Å². The maximum absolute atomic E-state index is 13.2. The largest absolute Gasteiger partial charge is 0.309 e. The molecule has 0 radical (unpaired) electrons. The summed E-state index contributed by atoms with van der Waals surface area (Å²) in [5, 5.41) is 0.318. The highest BCUT2D eigenvalue weighted by atomic mass is 32.2. The highest BCUT2D eigenvalue weighted by Crippen LogP contribution is 2.33. The molecule has 1 aromatic heterocycles. The number of H-pyrrole nitrogens is 1. The fraction of sp³-hybridized carbons (Fsp3) is 0.125. The van der Waals surface area contributed by atoms with Crippen LogP contribution in [0.3, 0.4) is 0 Å². The Morgan fingerprint density at radius 1 is 1.14 bits per heavy atom. The van der Waals surface area contributed by atoms with Gasteiger partial charge < -0.3 is 4.98 Å². The quantitative estimate of drug-likeness (QED) is 0.741. The van der Waals surface area contributed by atoms with Gasteiger partial charge in [0, 0.05) is 4.90 Å². The zero-order valence-corrected chi connectivity index (χ0v) is 12.5. The van der Waals surface area contributed by atoms with Gasteiger partial charge in [0.2, 0.25) is 0 Å². The lowest BCUT2D eigenvalue weighted by atomic mass is 10.2. The van der Waals surface area contributed by atoms with Crippen LogP contribution in [0.5, 0.6) is 0 Å². The van der Waals surface area contributed by atoms with Gasteiger partial charge in [-0.2, -0.15) is 0 Å². The number of benzene rings is 2. The summed E-state index contributed by atoms with van der Waals surface area (Å²) in [6, 6.07) is 10.8. The van der Waals surface area contributed by atoms with E-state index in [2.05, 4.69) is 9.97 Å². The molecular weight excluding hydrogens is 306 g/mol. The number of para-hydroxylation sites is 1. The van der Waals surface area contributed by atoms with E-state index in [1.54, 1.807) is 18.2 Å². The third-order valence-corrected chi connectivity index (χ3v) is 4.32. The Balaban J connectivity index is 1.93. The summed E-state index contributed by atoms with van der Waals surface area (Å²) >= 11 is 1.30. The number of aromatic amines is 1. The van der Waals surface area contributed by atoms with Crippen LogP contribution in [0.2, 0.25) is 0 Å².